The van der Waals surface area contributed by atoms with Gasteiger partial charge in [0.1, 0.15) is 0 Å². The second kappa shape index (κ2) is 9.37. The van der Waals surface area contributed by atoms with E-state index in [1.807, 2.05) is 0 Å². The topological polar surface area (TPSA) is 3.24 Å². The fraction of sp³-hybridized carbons (Fsp3) is 0.282. The molecule has 1 heteroatoms. The molecule has 0 bridgehead atoms. The van der Waals surface area contributed by atoms with Gasteiger partial charge in [0.15, 0.2) is 0 Å². The number of nitrogens with zero attached hydrogens (tertiary/aromatic N) is 1. The van der Waals surface area contributed by atoms with Crippen LogP contribution in [0.25, 0.3) is 21.9 Å². The van der Waals surface area contributed by atoms with Crippen molar-refractivity contribution in [2.24, 2.45) is 0 Å². The Morgan fingerprint density at radius 1 is 0.575 bits per heavy atom. The maximum atomic E-state index is 2.60. The molecule has 0 heterocycles. The van der Waals surface area contributed by atoms with E-state index < -0.39 is 0 Å². The number of benzene rings is 5. The van der Waals surface area contributed by atoms with Crippen LogP contribution < -0.4 is 4.90 Å². The highest BCUT2D eigenvalue weighted by Crippen LogP contribution is 2.59. The van der Waals surface area contributed by atoms with Crippen molar-refractivity contribution in [3.8, 4) is 11.1 Å². The summed E-state index contributed by atoms with van der Waals surface area (Å²) in [4.78, 5) is 2.54. The molecule has 40 heavy (non-hydrogen) atoms. The molecule has 0 saturated heterocycles. The van der Waals surface area contributed by atoms with Gasteiger partial charge in [-0.2, -0.15) is 0 Å². The Morgan fingerprint density at radius 2 is 1.32 bits per heavy atom. The molecule has 8 rings (SSSR count). The van der Waals surface area contributed by atoms with Gasteiger partial charge < -0.3 is 4.90 Å². The van der Waals surface area contributed by atoms with E-state index in [-0.39, 0.29) is 5.41 Å². The summed E-state index contributed by atoms with van der Waals surface area (Å²) < 4.78 is 0. The summed E-state index contributed by atoms with van der Waals surface area (Å²) >= 11 is 0. The van der Waals surface area contributed by atoms with Crippen LogP contribution in [-0.2, 0) is 18.3 Å². The Bertz CT molecular complexity index is 1740. The fourth-order valence-corrected chi connectivity index (χ4v) is 8.18. The standard InChI is InChI=1S/C39H37N/c1-27-18-21-34-35(24-27)39(22-10-3-11-23-39)36-26-37(32-16-8-9-17-33(32)38(34)36)40(30-14-4-2-5-15-30)31-20-19-28-12-6-7-13-29(28)25-31/h2,4-5,8-9,14-21,24-26H,3,6-7,10-13,22-23H2,1H3. The van der Waals surface area contributed by atoms with Gasteiger partial charge in [0.2, 0.25) is 0 Å². The van der Waals surface area contributed by atoms with E-state index in [0.29, 0.717) is 0 Å². The number of hydrogen-bond donors (Lipinski definition) is 0. The largest absolute Gasteiger partial charge is 0.310 e. The first-order valence-electron chi connectivity index (χ1n) is 15.4. The predicted molar refractivity (Wildman–Crippen MR) is 169 cm³/mol. The SMILES string of the molecule is Cc1ccc2c(c1)C1(CCCCC1)c1cc(N(c3ccccc3)c3ccc4c(c3)CCCC4)c3ccccc3c1-2. The predicted octanol–water partition coefficient (Wildman–Crippen LogP) is 10.7. The Kier molecular flexibility index (Phi) is 5.62. The van der Waals surface area contributed by atoms with Gasteiger partial charge in [0, 0.05) is 22.2 Å². The minimum atomic E-state index is 0.117. The first-order chi connectivity index (χ1) is 19.7. The summed E-state index contributed by atoms with van der Waals surface area (Å²) in [6.07, 6.45) is 11.5. The second-order valence-electron chi connectivity index (χ2n) is 12.4. The number of anilines is 3. The third-order valence-electron chi connectivity index (χ3n) is 10.1. The molecule has 0 aliphatic heterocycles. The van der Waals surface area contributed by atoms with Gasteiger partial charge in [-0.15, -0.1) is 0 Å². The number of para-hydroxylation sites is 1. The molecule has 3 aliphatic carbocycles. The van der Waals surface area contributed by atoms with Crippen molar-refractivity contribution < 1.29 is 0 Å². The van der Waals surface area contributed by atoms with Crippen molar-refractivity contribution in [3.63, 3.8) is 0 Å². The molecule has 1 fully saturated rings. The van der Waals surface area contributed by atoms with Crippen molar-refractivity contribution in [2.45, 2.75) is 70.1 Å². The summed E-state index contributed by atoms with van der Waals surface area (Å²) in [5, 5.41) is 2.73. The van der Waals surface area contributed by atoms with Gasteiger partial charge in [-0.1, -0.05) is 91.6 Å². The average molecular weight is 520 g/mol. The average Bonchev–Trinajstić information content (AvgIpc) is 3.26. The second-order valence-corrected chi connectivity index (χ2v) is 12.4. The van der Waals surface area contributed by atoms with E-state index >= 15 is 0 Å². The van der Waals surface area contributed by atoms with Crippen molar-refractivity contribution in [1.82, 2.24) is 0 Å². The molecule has 0 unspecified atom stereocenters. The fourth-order valence-electron chi connectivity index (χ4n) is 8.18. The molecule has 198 valence electrons. The van der Waals surface area contributed by atoms with E-state index in [2.05, 4.69) is 109 Å². The maximum Gasteiger partial charge on any atom is 0.0543 e. The van der Waals surface area contributed by atoms with Gasteiger partial charge in [-0.05, 0) is 115 Å². The van der Waals surface area contributed by atoms with Crippen LogP contribution in [0.4, 0.5) is 17.1 Å². The number of aryl methyl sites for hydroxylation is 3. The monoisotopic (exact) mass is 519 g/mol. The quantitative estimate of drug-likeness (QED) is 0.229. The molecule has 1 spiro atoms. The Balaban J connectivity index is 1.43. The third-order valence-corrected chi connectivity index (χ3v) is 10.1. The molecule has 0 N–H and O–H groups in total. The molecule has 3 aliphatic rings. The summed E-state index contributed by atoms with van der Waals surface area (Å²) in [6, 6.07) is 37.3. The van der Waals surface area contributed by atoms with Crippen molar-refractivity contribution in [3.05, 3.63) is 125 Å². The molecule has 1 nitrogen and oxygen atoms in total. The van der Waals surface area contributed by atoms with Crippen LogP contribution in [0.3, 0.4) is 0 Å². The minimum absolute atomic E-state index is 0.117. The lowest BCUT2D eigenvalue weighted by Gasteiger charge is -2.37. The molecule has 0 amide bonds. The molecule has 0 atom stereocenters. The number of rotatable bonds is 3. The molecule has 5 aromatic carbocycles. The Hall–Kier alpha value is -3.84. The van der Waals surface area contributed by atoms with E-state index in [1.165, 1.54) is 113 Å². The van der Waals surface area contributed by atoms with E-state index in [0.717, 1.165) is 0 Å². The third kappa shape index (κ3) is 3.60. The first-order valence-corrected chi connectivity index (χ1v) is 15.4. The summed E-state index contributed by atoms with van der Waals surface area (Å²) in [5.41, 5.74) is 14.5. The van der Waals surface area contributed by atoms with Gasteiger partial charge >= 0.3 is 0 Å². The lowest BCUT2D eigenvalue weighted by Crippen LogP contribution is -2.28. The normalized spacial score (nSPS) is 16.9. The van der Waals surface area contributed by atoms with Gasteiger partial charge in [-0.25, -0.2) is 0 Å². The number of fused-ring (bicyclic) bond motifs is 8. The van der Waals surface area contributed by atoms with Crippen molar-refractivity contribution in [1.29, 1.82) is 0 Å². The van der Waals surface area contributed by atoms with Crippen LogP contribution in [0.1, 0.15) is 72.8 Å². The van der Waals surface area contributed by atoms with Crippen LogP contribution >= 0.6 is 0 Å². The highest BCUT2D eigenvalue weighted by Gasteiger charge is 2.45. The van der Waals surface area contributed by atoms with Crippen LogP contribution in [0.5, 0.6) is 0 Å². The Labute approximate surface area is 238 Å². The van der Waals surface area contributed by atoms with Gasteiger partial charge in [0.05, 0.1) is 5.69 Å². The molecule has 0 radical (unpaired) electrons. The zero-order valence-corrected chi connectivity index (χ0v) is 23.5. The van der Waals surface area contributed by atoms with Crippen LogP contribution in [0, 0.1) is 6.92 Å². The van der Waals surface area contributed by atoms with Crippen LogP contribution in [0.2, 0.25) is 0 Å². The summed E-state index contributed by atoms with van der Waals surface area (Å²) in [7, 11) is 0. The van der Waals surface area contributed by atoms with E-state index in [1.54, 1.807) is 11.1 Å². The van der Waals surface area contributed by atoms with Crippen LogP contribution in [0.15, 0.2) is 97.1 Å². The van der Waals surface area contributed by atoms with Crippen molar-refractivity contribution in [2.75, 3.05) is 4.90 Å². The zero-order chi connectivity index (χ0) is 26.7. The van der Waals surface area contributed by atoms with Crippen molar-refractivity contribution >= 4 is 27.8 Å². The zero-order valence-electron chi connectivity index (χ0n) is 23.5. The van der Waals surface area contributed by atoms with Gasteiger partial charge in [-0.3, -0.25) is 0 Å². The highest BCUT2D eigenvalue weighted by molar-refractivity contribution is 6.10. The number of hydrogen-bond acceptors (Lipinski definition) is 1. The van der Waals surface area contributed by atoms with E-state index in [4.69, 9.17) is 0 Å². The smallest absolute Gasteiger partial charge is 0.0543 e. The summed E-state index contributed by atoms with van der Waals surface area (Å²) in [5.74, 6) is 0. The Morgan fingerprint density at radius 3 is 2.15 bits per heavy atom. The molecule has 1 saturated carbocycles. The van der Waals surface area contributed by atoms with E-state index in [9.17, 15) is 0 Å². The highest BCUT2D eigenvalue weighted by atomic mass is 15.1. The van der Waals surface area contributed by atoms with Crippen LogP contribution in [-0.4, -0.2) is 0 Å². The first kappa shape index (κ1) is 24.0. The minimum Gasteiger partial charge on any atom is -0.310 e. The lowest BCUT2D eigenvalue weighted by atomic mass is 9.67. The molecule has 5 aromatic rings. The molecule has 0 aromatic heterocycles. The van der Waals surface area contributed by atoms with Gasteiger partial charge in [0.25, 0.3) is 0 Å². The lowest BCUT2D eigenvalue weighted by molar-refractivity contribution is 0.353. The summed E-state index contributed by atoms with van der Waals surface area (Å²) in [6.45, 7) is 2.26. The molecular weight excluding hydrogens is 482 g/mol. The molecular formula is C39H37N. The maximum absolute atomic E-state index is 2.60.